The van der Waals surface area contributed by atoms with Crippen LogP contribution in [0.3, 0.4) is 0 Å². The normalized spacial score (nSPS) is 20.6. The van der Waals surface area contributed by atoms with Crippen LogP contribution in [0.2, 0.25) is 0 Å². The Hall–Kier alpha value is -2.05. The summed E-state index contributed by atoms with van der Waals surface area (Å²) in [7, 11) is 2.24. The summed E-state index contributed by atoms with van der Waals surface area (Å²) < 4.78 is 0. The highest BCUT2D eigenvalue weighted by molar-refractivity contribution is 7.10. The summed E-state index contributed by atoms with van der Waals surface area (Å²) in [6.07, 6.45) is 2.47. The van der Waals surface area contributed by atoms with Crippen molar-refractivity contribution in [2.75, 3.05) is 26.7 Å². The zero-order valence-corrected chi connectivity index (χ0v) is 18.9. The van der Waals surface area contributed by atoms with E-state index in [1.165, 1.54) is 17.7 Å². The fourth-order valence-corrected chi connectivity index (χ4v) is 5.24. The van der Waals surface area contributed by atoms with Gasteiger partial charge in [-0.05, 0) is 81.3 Å². The van der Waals surface area contributed by atoms with Gasteiger partial charge in [0.1, 0.15) is 5.75 Å². The molecule has 1 aromatic carbocycles. The molecule has 1 fully saturated rings. The zero-order valence-electron chi connectivity index (χ0n) is 18.0. The summed E-state index contributed by atoms with van der Waals surface area (Å²) in [4.78, 5) is 8.74. The summed E-state index contributed by atoms with van der Waals surface area (Å²) in [6, 6.07) is 8.91. The summed E-state index contributed by atoms with van der Waals surface area (Å²) in [5.41, 5.74) is 2.92. The van der Waals surface area contributed by atoms with Crippen molar-refractivity contribution in [2.24, 2.45) is 10.9 Å². The van der Waals surface area contributed by atoms with E-state index in [0.717, 1.165) is 42.3 Å². The van der Waals surface area contributed by atoms with Gasteiger partial charge < -0.3 is 15.7 Å². The minimum absolute atomic E-state index is 0.379. The molecule has 0 saturated carbocycles. The van der Waals surface area contributed by atoms with Crippen LogP contribution in [0.1, 0.15) is 47.4 Å². The van der Waals surface area contributed by atoms with Crippen molar-refractivity contribution < 1.29 is 5.11 Å². The maximum absolute atomic E-state index is 9.98. The summed E-state index contributed by atoms with van der Waals surface area (Å²) in [5, 5.41) is 19.1. The van der Waals surface area contributed by atoms with Gasteiger partial charge in [-0.15, -0.1) is 11.3 Å². The second-order valence-corrected chi connectivity index (χ2v) is 8.98. The molecular formula is C23H34N4OS. The number of phenolic OH excluding ortho intramolecular Hbond substituents is 1. The van der Waals surface area contributed by atoms with E-state index < -0.39 is 0 Å². The van der Waals surface area contributed by atoms with Gasteiger partial charge in [0.05, 0.1) is 6.54 Å². The van der Waals surface area contributed by atoms with E-state index in [1.54, 1.807) is 0 Å². The number of aliphatic imine (C=N–C) groups is 1. The van der Waals surface area contributed by atoms with Crippen LogP contribution in [0.15, 0.2) is 34.6 Å². The lowest BCUT2D eigenvalue weighted by Gasteiger charge is -2.39. The molecule has 2 aromatic rings. The smallest absolute Gasteiger partial charge is 0.191 e. The quantitative estimate of drug-likeness (QED) is 0.490. The van der Waals surface area contributed by atoms with Crippen molar-refractivity contribution in [1.29, 1.82) is 0 Å². The topological polar surface area (TPSA) is 59.9 Å². The van der Waals surface area contributed by atoms with Crippen molar-refractivity contribution in [3.63, 3.8) is 0 Å². The number of likely N-dealkylation sites (tertiary alicyclic amines) is 1. The van der Waals surface area contributed by atoms with Crippen molar-refractivity contribution in [2.45, 2.75) is 46.2 Å². The Morgan fingerprint density at radius 3 is 2.69 bits per heavy atom. The Bertz CT molecular complexity index is 795. The first-order valence-electron chi connectivity index (χ1n) is 10.5. The van der Waals surface area contributed by atoms with Crippen LogP contribution < -0.4 is 10.6 Å². The first-order chi connectivity index (χ1) is 14.0. The van der Waals surface area contributed by atoms with E-state index in [-0.39, 0.29) is 0 Å². The number of nitrogens with one attached hydrogen (secondary N) is 2. The van der Waals surface area contributed by atoms with E-state index in [1.807, 2.05) is 37.3 Å². The van der Waals surface area contributed by atoms with Crippen molar-refractivity contribution >= 4 is 17.3 Å². The molecule has 1 saturated heterocycles. The molecule has 3 N–H and O–H groups in total. The molecular weight excluding hydrogens is 380 g/mol. The summed E-state index contributed by atoms with van der Waals surface area (Å²) in [6.45, 7) is 9.45. The number of rotatable bonds is 6. The van der Waals surface area contributed by atoms with Crippen molar-refractivity contribution in [3.8, 4) is 5.75 Å². The van der Waals surface area contributed by atoms with Crippen molar-refractivity contribution in [3.05, 3.63) is 51.2 Å². The fraction of sp³-hybridized carbons (Fsp3) is 0.522. The molecule has 0 aliphatic carbocycles. The maximum Gasteiger partial charge on any atom is 0.191 e. The molecule has 0 amide bonds. The maximum atomic E-state index is 9.98. The van der Waals surface area contributed by atoms with Crippen LogP contribution in [-0.2, 0) is 6.54 Å². The number of phenols is 1. The minimum atomic E-state index is 0.379. The van der Waals surface area contributed by atoms with Crippen LogP contribution >= 0.6 is 11.3 Å². The van der Waals surface area contributed by atoms with Crippen LogP contribution in [0.4, 0.5) is 0 Å². The number of piperidine rings is 1. The predicted molar refractivity (Wildman–Crippen MR) is 123 cm³/mol. The monoisotopic (exact) mass is 414 g/mol. The van der Waals surface area contributed by atoms with Gasteiger partial charge in [-0.1, -0.05) is 18.2 Å². The van der Waals surface area contributed by atoms with Gasteiger partial charge in [0.2, 0.25) is 0 Å². The van der Waals surface area contributed by atoms with E-state index in [0.29, 0.717) is 24.3 Å². The Kier molecular flexibility index (Phi) is 7.56. The van der Waals surface area contributed by atoms with Gasteiger partial charge in [0.15, 0.2) is 5.96 Å². The van der Waals surface area contributed by atoms with Gasteiger partial charge in [-0.2, -0.15) is 0 Å². The molecule has 2 unspecified atom stereocenters. The molecule has 3 rings (SSSR count). The highest BCUT2D eigenvalue weighted by atomic mass is 32.1. The molecule has 158 valence electrons. The largest absolute Gasteiger partial charge is 0.507 e. The summed E-state index contributed by atoms with van der Waals surface area (Å²) in [5.74, 6) is 1.80. The van der Waals surface area contributed by atoms with E-state index in [2.05, 4.69) is 47.0 Å². The third-order valence-electron chi connectivity index (χ3n) is 5.69. The first-order valence-corrected chi connectivity index (χ1v) is 11.4. The van der Waals surface area contributed by atoms with Crippen molar-refractivity contribution in [1.82, 2.24) is 15.5 Å². The second-order valence-electron chi connectivity index (χ2n) is 8.00. The first kappa shape index (κ1) is 21.7. The number of aryl methyl sites for hydroxylation is 2. The zero-order chi connectivity index (χ0) is 20.8. The van der Waals surface area contributed by atoms with Gasteiger partial charge >= 0.3 is 0 Å². The average Bonchev–Trinajstić information content (AvgIpc) is 3.22. The molecule has 29 heavy (non-hydrogen) atoms. The number of aromatic hydroxyl groups is 1. The van der Waals surface area contributed by atoms with Gasteiger partial charge in [-0.25, -0.2) is 4.99 Å². The third kappa shape index (κ3) is 5.52. The SMILES string of the molecule is CCNC(=NCc1cc(C)c(O)c(C)c1)NCC1CCCN(C)C1c1cccs1. The molecule has 0 bridgehead atoms. The lowest BCUT2D eigenvalue weighted by molar-refractivity contribution is 0.125. The molecule has 2 heterocycles. The Balaban J connectivity index is 1.67. The van der Waals surface area contributed by atoms with Crippen LogP contribution in [-0.4, -0.2) is 42.6 Å². The fourth-order valence-electron chi connectivity index (χ4n) is 4.26. The second kappa shape index (κ2) is 10.1. The Morgan fingerprint density at radius 2 is 2.03 bits per heavy atom. The molecule has 0 radical (unpaired) electrons. The highest BCUT2D eigenvalue weighted by Crippen LogP contribution is 2.36. The Labute approximate surface area is 178 Å². The lowest BCUT2D eigenvalue weighted by atomic mass is 9.88. The van der Waals surface area contributed by atoms with Gasteiger partial charge in [-0.3, -0.25) is 4.90 Å². The van der Waals surface area contributed by atoms with E-state index in [9.17, 15) is 5.11 Å². The van der Waals surface area contributed by atoms with Gasteiger partial charge in [0, 0.05) is 24.0 Å². The molecule has 2 atom stereocenters. The minimum Gasteiger partial charge on any atom is -0.507 e. The average molecular weight is 415 g/mol. The number of guanidine groups is 1. The van der Waals surface area contributed by atoms with Crippen LogP contribution in [0.25, 0.3) is 0 Å². The molecule has 1 aromatic heterocycles. The number of benzene rings is 1. The van der Waals surface area contributed by atoms with E-state index in [4.69, 9.17) is 4.99 Å². The highest BCUT2D eigenvalue weighted by Gasteiger charge is 2.31. The Morgan fingerprint density at radius 1 is 1.28 bits per heavy atom. The molecule has 6 heteroatoms. The van der Waals surface area contributed by atoms with Crippen LogP contribution in [0.5, 0.6) is 5.75 Å². The van der Waals surface area contributed by atoms with Crippen LogP contribution in [0, 0.1) is 19.8 Å². The molecule has 1 aliphatic heterocycles. The molecule has 0 spiro atoms. The number of hydrogen-bond donors (Lipinski definition) is 3. The predicted octanol–water partition coefficient (Wildman–Crippen LogP) is 4.21. The number of nitrogens with zero attached hydrogens (tertiary/aromatic N) is 2. The lowest BCUT2D eigenvalue weighted by Crippen LogP contribution is -2.44. The van der Waals surface area contributed by atoms with Gasteiger partial charge in [0.25, 0.3) is 0 Å². The molecule has 1 aliphatic rings. The molecule has 5 nitrogen and oxygen atoms in total. The third-order valence-corrected chi connectivity index (χ3v) is 6.63. The number of hydrogen-bond acceptors (Lipinski definition) is 4. The number of thiophene rings is 1. The summed E-state index contributed by atoms with van der Waals surface area (Å²) >= 11 is 1.86. The van der Waals surface area contributed by atoms with E-state index >= 15 is 0 Å². The standard InChI is InChI=1S/C23H34N4OS/c1-5-24-23(25-14-18-12-16(2)22(28)17(3)13-18)26-15-19-8-6-10-27(4)21(19)20-9-7-11-29-20/h7,9,11-13,19,21,28H,5-6,8,10,14-15H2,1-4H3,(H2,24,25,26).